The molecule has 0 spiro atoms. The van der Waals surface area contributed by atoms with E-state index in [0.717, 1.165) is 5.39 Å². The zero-order chi connectivity index (χ0) is 18.0. The molecule has 0 fully saturated rings. The van der Waals surface area contributed by atoms with Crippen LogP contribution in [0.15, 0.2) is 48.5 Å². The lowest BCUT2D eigenvalue weighted by atomic mass is 10.1. The SMILES string of the molecule is Cc1c(CO)c2ccccc2n1C(=O)COc1ccc([N+](=O)[O-])cc1. The zero-order valence-corrected chi connectivity index (χ0v) is 13.5. The molecule has 1 heterocycles. The van der Waals surface area contributed by atoms with Crippen LogP contribution in [0.25, 0.3) is 10.9 Å². The molecule has 0 unspecified atom stereocenters. The van der Waals surface area contributed by atoms with E-state index in [9.17, 15) is 20.0 Å². The zero-order valence-electron chi connectivity index (χ0n) is 13.5. The van der Waals surface area contributed by atoms with E-state index in [2.05, 4.69) is 0 Å². The summed E-state index contributed by atoms with van der Waals surface area (Å²) in [5.74, 6) is 0.0854. The Morgan fingerprint density at radius 3 is 2.52 bits per heavy atom. The molecule has 128 valence electrons. The number of nitrogens with zero attached hydrogens (tertiary/aromatic N) is 2. The molecule has 0 saturated carbocycles. The normalized spacial score (nSPS) is 10.8. The summed E-state index contributed by atoms with van der Waals surface area (Å²) in [4.78, 5) is 22.7. The van der Waals surface area contributed by atoms with Crippen LogP contribution < -0.4 is 4.74 Å². The van der Waals surface area contributed by atoms with Crippen molar-refractivity contribution in [2.75, 3.05) is 6.61 Å². The third kappa shape index (κ3) is 3.09. The molecule has 0 atom stereocenters. The van der Waals surface area contributed by atoms with Gasteiger partial charge in [-0.15, -0.1) is 0 Å². The number of non-ortho nitro benzene ring substituents is 1. The summed E-state index contributed by atoms with van der Waals surface area (Å²) in [6.45, 7) is 1.40. The van der Waals surface area contributed by atoms with Crippen LogP contribution in [0.1, 0.15) is 16.1 Å². The van der Waals surface area contributed by atoms with Crippen LogP contribution in [0.4, 0.5) is 5.69 Å². The molecule has 1 aromatic heterocycles. The van der Waals surface area contributed by atoms with Crippen molar-refractivity contribution in [3.63, 3.8) is 0 Å². The number of nitro groups is 1. The number of hydrogen-bond acceptors (Lipinski definition) is 5. The highest BCUT2D eigenvalue weighted by molar-refractivity contribution is 5.96. The van der Waals surface area contributed by atoms with Crippen LogP contribution in [0.2, 0.25) is 0 Å². The minimum Gasteiger partial charge on any atom is -0.484 e. The lowest BCUT2D eigenvalue weighted by molar-refractivity contribution is -0.384. The molecule has 0 aliphatic rings. The van der Waals surface area contributed by atoms with Gasteiger partial charge in [0.1, 0.15) is 5.75 Å². The van der Waals surface area contributed by atoms with Crippen LogP contribution in [-0.4, -0.2) is 27.1 Å². The Labute approximate surface area is 143 Å². The van der Waals surface area contributed by atoms with Gasteiger partial charge in [-0.1, -0.05) is 18.2 Å². The van der Waals surface area contributed by atoms with Gasteiger partial charge in [0, 0.05) is 28.8 Å². The van der Waals surface area contributed by atoms with Crippen molar-refractivity contribution in [3.05, 3.63) is 69.9 Å². The maximum Gasteiger partial charge on any atom is 0.269 e. The van der Waals surface area contributed by atoms with E-state index in [1.807, 2.05) is 24.3 Å². The van der Waals surface area contributed by atoms with E-state index in [-0.39, 0.29) is 24.8 Å². The first-order chi connectivity index (χ1) is 12.0. The highest BCUT2D eigenvalue weighted by atomic mass is 16.6. The van der Waals surface area contributed by atoms with E-state index >= 15 is 0 Å². The molecule has 0 radical (unpaired) electrons. The second kappa shape index (κ2) is 6.74. The molecule has 25 heavy (non-hydrogen) atoms. The molecule has 0 saturated heterocycles. The van der Waals surface area contributed by atoms with Crippen molar-refractivity contribution in [1.29, 1.82) is 0 Å². The van der Waals surface area contributed by atoms with Gasteiger partial charge in [0.05, 0.1) is 17.0 Å². The smallest absolute Gasteiger partial charge is 0.269 e. The monoisotopic (exact) mass is 340 g/mol. The summed E-state index contributed by atoms with van der Waals surface area (Å²) in [6.07, 6.45) is 0. The van der Waals surface area contributed by atoms with Crippen LogP contribution in [0.3, 0.4) is 0 Å². The van der Waals surface area contributed by atoms with E-state index in [4.69, 9.17) is 4.74 Å². The maximum absolute atomic E-state index is 12.6. The Morgan fingerprint density at radius 2 is 1.88 bits per heavy atom. The third-order valence-corrected chi connectivity index (χ3v) is 4.06. The molecule has 3 rings (SSSR count). The number of benzene rings is 2. The summed E-state index contributed by atoms with van der Waals surface area (Å²) in [6, 6.07) is 12.9. The molecule has 0 amide bonds. The highest BCUT2D eigenvalue weighted by Crippen LogP contribution is 2.26. The van der Waals surface area contributed by atoms with Crippen LogP contribution in [-0.2, 0) is 6.61 Å². The Bertz CT molecular complexity index is 944. The summed E-state index contributed by atoms with van der Waals surface area (Å²) in [5, 5.41) is 21.0. The Balaban J connectivity index is 1.83. The number of hydrogen-bond donors (Lipinski definition) is 1. The van der Waals surface area contributed by atoms with Crippen molar-refractivity contribution < 1.29 is 19.6 Å². The molecule has 3 aromatic rings. The quantitative estimate of drug-likeness (QED) is 0.569. The van der Waals surface area contributed by atoms with Gasteiger partial charge in [0.25, 0.3) is 11.6 Å². The van der Waals surface area contributed by atoms with Crippen LogP contribution in [0, 0.1) is 17.0 Å². The number of carbonyl (C=O) groups is 1. The van der Waals surface area contributed by atoms with E-state index in [1.54, 1.807) is 6.92 Å². The van der Waals surface area contributed by atoms with Gasteiger partial charge in [0.2, 0.25) is 0 Å². The second-order valence-electron chi connectivity index (χ2n) is 5.51. The fraction of sp³-hybridized carbons (Fsp3) is 0.167. The molecule has 0 aliphatic carbocycles. The first-order valence-electron chi connectivity index (χ1n) is 7.63. The molecule has 1 N–H and O–H groups in total. The number of carbonyl (C=O) groups excluding carboxylic acids is 1. The number of rotatable bonds is 5. The van der Waals surface area contributed by atoms with Crippen LogP contribution in [0.5, 0.6) is 5.75 Å². The molecule has 7 nitrogen and oxygen atoms in total. The average Bonchev–Trinajstić information content (AvgIpc) is 2.91. The van der Waals surface area contributed by atoms with Gasteiger partial charge in [-0.05, 0) is 25.1 Å². The van der Waals surface area contributed by atoms with Gasteiger partial charge in [-0.3, -0.25) is 19.5 Å². The highest BCUT2D eigenvalue weighted by Gasteiger charge is 2.18. The number of nitro benzene ring substituents is 1. The summed E-state index contributed by atoms with van der Waals surface area (Å²) < 4.78 is 6.97. The maximum atomic E-state index is 12.6. The van der Waals surface area contributed by atoms with E-state index < -0.39 is 4.92 Å². The van der Waals surface area contributed by atoms with Gasteiger partial charge in [-0.2, -0.15) is 0 Å². The van der Waals surface area contributed by atoms with Gasteiger partial charge in [0.15, 0.2) is 6.61 Å². The third-order valence-electron chi connectivity index (χ3n) is 4.06. The van der Waals surface area contributed by atoms with Crippen molar-refractivity contribution in [2.24, 2.45) is 0 Å². The van der Waals surface area contributed by atoms with Crippen molar-refractivity contribution in [2.45, 2.75) is 13.5 Å². The number of aliphatic hydroxyl groups excluding tert-OH is 1. The Morgan fingerprint density at radius 1 is 1.20 bits per heavy atom. The average molecular weight is 340 g/mol. The van der Waals surface area contributed by atoms with Crippen molar-refractivity contribution in [3.8, 4) is 5.75 Å². The first kappa shape index (κ1) is 16.7. The van der Waals surface area contributed by atoms with Crippen molar-refractivity contribution in [1.82, 2.24) is 4.57 Å². The number of fused-ring (bicyclic) bond motifs is 1. The fourth-order valence-electron chi connectivity index (χ4n) is 2.83. The fourth-order valence-corrected chi connectivity index (χ4v) is 2.83. The lowest BCUT2D eigenvalue weighted by Gasteiger charge is -2.09. The van der Waals surface area contributed by atoms with Gasteiger partial charge in [-0.25, -0.2) is 0 Å². The van der Waals surface area contributed by atoms with Gasteiger partial charge < -0.3 is 9.84 Å². The molecule has 0 bridgehead atoms. The van der Waals surface area contributed by atoms with E-state index in [1.165, 1.54) is 28.8 Å². The molecule has 7 heteroatoms. The first-order valence-corrected chi connectivity index (χ1v) is 7.63. The second-order valence-corrected chi connectivity index (χ2v) is 5.51. The largest absolute Gasteiger partial charge is 0.484 e. The summed E-state index contributed by atoms with van der Waals surface area (Å²) >= 11 is 0. The Hall–Kier alpha value is -3.19. The predicted octanol–water partition coefficient (Wildman–Crippen LogP) is 3.07. The number of aromatic nitrogens is 1. The van der Waals surface area contributed by atoms with Crippen molar-refractivity contribution >= 4 is 22.5 Å². The minimum atomic E-state index is -0.499. The molecular weight excluding hydrogens is 324 g/mol. The summed E-state index contributed by atoms with van der Waals surface area (Å²) in [7, 11) is 0. The molecule has 2 aromatic carbocycles. The topological polar surface area (TPSA) is 94.6 Å². The number of ether oxygens (including phenoxy) is 1. The van der Waals surface area contributed by atoms with Gasteiger partial charge >= 0.3 is 0 Å². The molecular formula is C18H16N2O5. The lowest BCUT2D eigenvalue weighted by Crippen LogP contribution is -2.20. The minimum absolute atomic E-state index is 0.0430. The predicted molar refractivity (Wildman–Crippen MR) is 91.8 cm³/mol. The standard InChI is InChI=1S/C18H16N2O5/c1-12-16(10-21)15-4-2-3-5-17(15)19(12)18(22)11-25-14-8-6-13(7-9-14)20(23)24/h2-9,21H,10-11H2,1H3. The van der Waals surface area contributed by atoms with Crippen LogP contribution >= 0.6 is 0 Å². The number of para-hydroxylation sites is 1. The summed E-state index contributed by atoms with van der Waals surface area (Å²) in [5.41, 5.74) is 2.04. The van der Waals surface area contributed by atoms with E-state index in [0.29, 0.717) is 22.5 Å². The Kier molecular flexibility index (Phi) is 4.49. The number of aliphatic hydroxyl groups is 1. The molecule has 0 aliphatic heterocycles.